The highest BCUT2D eigenvalue weighted by atomic mass is 19.4. The number of nitrogens with one attached hydrogen (secondary N) is 2. The Hall–Kier alpha value is -3.09. The van der Waals surface area contributed by atoms with Crippen LogP contribution in [-0.4, -0.2) is 9.97 Å². The summed E-state index contributed by atoms with van der Waals surface area (Å²) >= 11 is 0. The van der Waals surface area contributed by atoms with Gasteiger partial charge in [-0.3, -0.25) is 0 Å². The van der Waals surface area contributed by atoms with Gasteiger partial charge < -0.3 is 10.6 Å². The topological polar surface area (TPSA) is 49.8 Å². The SMILES string of the molecule is CCCc1ccccc1Nc1nc(Nc2ccc(CC(C)C)cc2)ncc1C(F)(F)F. The van der Waals surface area contributed by atoms with Crippen LogP contribution in [0, 0.1) is 5.92 Å². The van der Waals surface area contributed by atoms with Crippen LogP contribution in [0.4, 0.5) is 36.3 Å². The van der Waals surface area contributed by atoms with Crippen molar-refractivity contribution in [3.05, 3.63) is 71.4 Å². The molecule has 0 bridgehead atoms. The zero-order chi connectivity index (χ0) is 22.4. The van der Waals surface area contributed by atoms with Gasteiger partial charge in [0.25, 0.3) is 0 Å². The number of rotatable bonds is 8. The Morgan fingerprint density at radius 1 is 0.968 bits per heavy atom. The van der Waals surface area contributed by atoms with E-state index in [4.69, 9.17) is 0 Å². The van der Waals surface area contributed by atoms with E-state index in [1.807, 2.05) is 43.3 Å². The summed E-state index contributed by atoms with van der Waals surface area (Å²) in [7, 11) is 0. The minimum absolute atomic E-state index is 0.0973. The van der Waals surface area contributed by atoms with Crippen LogP contribution in [-0.2, 0) is 19.0 Å². The second-order valence-electron chi connectivity index (χ2n) is 7.91. The summed E-state index contributed by atoms with van der Waals surface area (Å²) in [5.74, 6) is 0.367. The smallest absolute Gasteiger partial charge is 0.339 e. The van der Waals surface area contributed by atoms with Crippen molar-refractivity contribution in [2.75, 3.05) is 10.6 Å². The normalized spacial score (nSPS) is 11.6. The number of anilines is 4. The van der Waals surface area contributed by atoms with Crippen LogP contribution in [0.25, 0.3) is 0 Å². The number of aromatic nitrogens is 2. The molecule has 0 radical (unpaired) electrons. The van der Waals surface area contributed by atoms with Crippen LogP contribution < -0.4 is 10.6 Å². The van der Waals surface area contributed by atoms with Gasteiger partial charge in [-0.2, -0.15) is 18.2 Å². The van der Waals surface area contributed by atoms with Crippen molar-refractivity contribution in [1.82, 2.24) is 9.97 Å². The monoisotopic (exact) mass is 428 g/mol. The molecule has 0 fully saturated rings. The minimum atomic E-state index is -4.57. The Labute approximate surface area is 181 Å². The maximum Gasteiger partial charge on any atom is 0.421 e. The molecule has 0 aliphatic rings. The second kappa shape index (κ2) is 9.81. The third kappa shape index (κ3) is 6.20. The van der Waals surface area contributed by atoms with E-state index >= 15 is 0 Å². The van der Waals surface area contributed by atoms with Gasteiger partial charge in [0.15, 0.2) is 0 Å². The summed E-state index contributed by atoms with van der Waals surface area (Å²) in [5.41, 5.74) is 2.55. The van der Waals surface area contributed by atoms with Gasteiger partial charge in [0, 0.05) is 17.6 Å². The Balaban J connectivity index is 1.89. The van der Waals surface area contributed by atoms with Gasteiger partial charge in [-0.15, -0.1) is 0 Å². The van der Waals surface area contributed by atoms with Crippen molar-refractivity contribution < 1.29 is 13.2 Å². The molecule has 31 heavy (non-hydrogen) atoms. The van der Waals surface area contributed by atoms with Crippen LogP contribution in [0.2, 0.25) is 0 Å². The molecule has 1 heterocycles. The maximum absolute atomic E-state index is 13.6. The zero-order valence-electron chi connectivity index (χ0n) is 17.9. The van der Waals surface area contributed by atoms with Crippen molar-refractivity contribution in [2.24, 2.45) is 5.92 Å². The molecule has 0 saturated carbocycles. The Bertz CT molecular complexity index is 998. The summed E-state index contributed by atoms with van der Waals surface area (Å²) in [6.07, 6.45) is -1.16. The predicted molar refractivity (Wildman–Crippen MR) is 119 cm³/mol. The fraction of sp³-hybridized carbons (Fsp3) is 0.333. The molecule has 0 atom stereocenters. The number of hydrogen-bond donors (Lipinski definition) is 2. The number of para-hydroxylation sites is 1. The van der Waals surface area contributed by atoms with Gasteiger partial charge in [0.05, 0.1) is 0 Å². The highest BCUT2D eigenvalue weighted by molar-refractivity contribution is 5.65. The zero-order valence-corrected chi connectivity index (χ0v) is 17.9. The molecule has 3 rings (SSSR count). The van der Waals surface area contributed by atoms with Crippen LogP contribution >= 0.6 is 0 Å². The Morgan fingerprint density at radius 3 is 2.32 bits per heavy atom. The predicted octanol–water partition coefficient (Wildman–Crippen LogP) is 7.13. The quantitative estimate of drug-likeness (QED) is 0.401. The lowest BCUT2D eigenvalue weighted by Gasteiger charge is -2.17. The molecule has 0 aliphatic heterocycles. The first kappa shape index (κ1) is 22.6. The molecule has 4 nitrogen and oxygen atoms in total. The van der Waals surface area contributed by atoms with E-state index in [0.29, 0.717) is 17.3 Å². The molecule has 3 aromatic rings. The van der Waals surface area contributed by atoms with Crippen LogP contribution in [0.3, 0.4) is 0 Å². The first-order valence-electron chi connectivity index (χ1n) is 10.4. The minimum Gasteiger partial charge on any atom is -0.339 e. The molecule has 0 amide bonds. The number of halogens is 3. The maximum atomic E-state index is 13.6. The average Bonchev–Trinajstić information content (AvgIpc) is 2.70. The molecule has 0 saturated heterocycles. The molecular weight excluding hydrogens is 401 g/mol. The van der Waals surface area contributed by atoms with E-state index < -0.39 is 11.7 Å². The van der Waals surface area contributed by atoms with Crippen molar-refractivity contribution in [3.63, 3.8) is 0 Å². The molecule has 164 valence electrons. The number of aryl methyl sites for hydroxylation is 1. The summed E-state index contributed by atoms with van der Waals surface area (Å²) < 4.78 is 40.7. The lowest BCUT2D eigenvalue weighted by Crippen LogP contribution is -2.13. The van der Waals surface area contributed by atoms with Gasteiger partial charge in [-0.1, -0.05) is 57.5 Å². The van der Waals surface area contributed by atoms with E-state index in [0.717, 1.165) is 31.0 Å². The van der Waals surface area contributed by atoms with E-state index in [2.05, 4.69) is 34.4 Å². The highest BCUT2D eigenvalue weighted by Gasteiger charge is 2.35. The van der Waals surface area contributed by atoms with E-state index in [-0.39, 0.29) is 11.8 Å². The van der Waals surface area contributed by atoms with Crippen LogP contribution in [0.15, 0.2) is 54.7 Å². The lowest BCUT2D eigenvalue weighted by molar-refractivity contribution is -0.137. The summed E-state index contributed by atoms with van der Waals surface area (Å²) in [6.45, 7) is 6.32. The fourth-order valence-electron chi connectivity index (χ4n) is 3.33. The molecule has 2 N–H and O–H groups in total. The molecule has 0 aliphatic carbocycles. The van der Waals surface area contributed by atoms with Gasteiger partial charge in [0.2, 0.25) is 5.95 Å². The summed E-state index contributed by atoms with van der Waals surface area (Å²) in [5, 5.41) is 5.88. The number of nitrogens with zero attached hydrogens (tertiary/aromatic N) is 2. The van der Waals surface area contributed by atoms with Gasteiger partial charge in [-0.25, -0.2) is 4.98 Å². The van der Waals surface area contributed by atoms with Crippen molar-refractivity contribution >= 4 is 23.1 Å². The lowest BCUT2D eigenvalue weighted by atomic mass is 10.0. The molecule has 1 aromatic heterocycles. The number of alkyl halides is 3. The third-order valence-electron chi connectivity index (χ3n) is 4.74. The van der Waals surface area contributed by atoms with Crippen molar-refractivity contribution in [1.29, 1.82) is 0 Å². The Kier molecular flexibility index (Phi) is 7.15. The molecule has 7 heteroatoms. The van der Waals surface area contributed by atoms with Crippen LogP contribution in [0.1, 0.15) is 43.9 Å². The average molecular weight is 429 g/mol. The molecule has 0 spiro atoms. The first-order valence-corrected chi connectivity index (χ1v) is 10.4. The summed E-state index contributed by atoms with van der Waals surface area (Å²) in [4.78, 5) is 8.04. The van der Waals surface area contributed by atoms with Gasteiger partial charge in [0.1, 0.15) is 11.4 Å². The number of hydrogen-bond acceptors (Lipinski definition) is 4. The fourth-order valence-corrected chi connectivity index (χ4v) is 3.33. The largest absolute Gasteiger partial charge is 0.421 e. The Morgan fingerprint density at radius 2 is 1.68 bits per heavy atom. The van der Waals surface area contributed by atoms with Crippen LogP contribution in [0.5, 0.6) is 0 Å². The molecule has 0 unspecified atom stereocenters. The highest BCUT2D eigenvalue weighted by Crippen LogP contribution is 2.36. The first-order chi connectivity index (χ1) is 14.8. The van der Waals surface area contributed by atoms with Crippen molar-refractivity contribution in [2.45, 2.75) is 46.2 Å². The molecule has 2 aromatic carbocycles. The third-order valence-corrected chi connectivity index (χ3v) is 4.74. The van der Waals surface area contributed by atoms with Gasteiger partial charge in [-0.05, 0) is 48.1 Å². The van der Waals surface area contributed by atoms with Crippen molar-refractivity contribution in [3.8, 4) is 0 Å². The van der Waals surface area contributed by atoms with E-state index in [1.54, 1.807) is 12.1 Å². The van der Waals surface area contributed by atoms with Gasteiger partial charge >= 0.3 is 6.18 Å². The second-order valence-corrected chi connectivity index (χ2v) is 7.91. The number of benzene rings is 2. The standard InChI is InChI=1S/C24H27F3N4/c1-4-7-18-8-5-6-9-21(18)30-22-20(24(25,26)27)15-28-23(31-22)29-19-12-10-17(11-13-19)14-16(2)3/h5-6,8-13,15-16H,4,7,14H2,1-3H3,(H2,28,29,30,31). The molecular formula is C24H27F3N4. The summed E-state index contributed by atoms with van der Waals surface area (Å²) in [6, 6.07) is 15.1. The van der Waals surface area contributed by atoms with E-state index in [1.165, 1.54) is 5.56 Å². The van der Waals surface area contributed by atoms with E-state index in [9.17, 15) is 13.2 Å².